The number of halogens is 2. The predicted molar refractivity (Wildman–Crippen MR) is 88.8 cm³/mol. The van der Waals surface area contributed by atoms with E-state index in [1.807, 2.05) is 13.0 Å². The molecule has 1 amide bonds. The summed E-state index contributed by atoms with van der Waals surface area (Å²) in [6.07, 6.45) is 0. The third-order valence-corrected chi connectivity index (χ3v) is 3.79. The number of benzene rings is 2. The van der Waals surface area contributed by atoms with Crippen LogP contribution in [0.4, 0.5) is 5.69 Å². The molecule has 0 atom stereocenters. The number of hydrogen-bond acceptors (Lipinski definition) is 4. The first-order chi connectivity index (χ1) is 11.0. The van der Waals surface area contributed by atoms with Gasteiger partial charge in [0.15, 0.2) is 6.61 Å². The van der Waals surface area contributed by atoms with Gasteiger partial charge in [-0.1, -0.05) is 34.1 Å². The molecule has 1 N–H and O–H groups in total. The number of aryl methyl sites for hydroxylation is 1. The molecule has 6 nitrogen and oxygen atoms in total. The van der Waals surface area contributed by atoms with Gasteiger partial charge in [-0.2, -0.15) is 0 Å². The van der Waals surface area contributed by atoms with E-state index in [9.17, 15) is 4.79 Å². The van der Waals surface area contributed by atoms with Crippen molar-refractivity contribution in [1.29, 1.82) is 0 Å². The van der Waals surface area contributed by atoms with Crippen LogP contribution in [0, 0.1) is 6.92 Å². The Morgan fingerprint density at radius 2 is 2.09 bits per heavy atom. The summed E-state index contributed by atoms with van der Waals surface area (Å²) in [4.78, 5) is 18.5. The van der Waals surface area contributed by atoms with Crippen molar-refractivity contribution in [3.05, 3.63) is 52.0 Å². The Hall–Kier alpha value is -2.31. The number of carbonyl (C=O) groups excluding carboxylic acids is 1. The summed E-state index contributed by atoms with van der Waals surface area (Å²) in [5.74, 6) is -0.337. The summed E-state index contributed by atoms with van der Waals surface area (Å²) in [6.45, 7) is 1.66. The number of hydrogen-bond donors (Lipinski definition) is 1. The molecule has 0 radical (unpaired) electrons. The molecule has 1 aromatic heterocycles. The van der Waals surface area contributed by atoms with Gasteiger partial charge in [-0.3, -0.25) is 4.79 Å². The molecule has 0 saturated heterocycles. The summed E-state index contributed by atoms with van der Waals surface area (Å²) >= 11 is 11.9. The molecule has 8 heteroatoms. The molecule has 3 aromatic rings. The first kappa shape index (κ1) is 15.6. The van der Waals surface area contributed by atoms with Crippen molar-refractivity contribution in [3.8, 4) is 0 Å². The van der Waals surface area contributed by atoms with Gasteiger partial charge in [0.25, 0.3) is 5.91 Å². The van der Waals surface area contributed by atoms with Crippen molar-refractivity contribution in [1.82, 2.24) is 15.2 Å². The van der Waals surface area contributed by atoms with E-state index < -0.39 is 0 Å². The molecule has 0 aliphatic heterocycles. The fraction of sp³-hybridized carbons (Fsp3) is 0.133. The van der Waals surface area contributed by atoms with Gasteiger partial charge in [-0.25, -0.2) is 0 Å². The molecule has 23 heavy (non-hydrogen) atoms. The van der Waals surface area contributed by atoms with Crippen molar-refractivity contribution in [3.63, 3.8) is 0 Å². The number of carbonyl (C=O) groups is 1. The molecule has 1 heterocycles. The van der Waals surface area contributed by atoms with Crippen LogP contribution in [0.25, 0.3) is 11.0 Å². The number of anilines is 1. The molecule has 118 valence electrons. The van der Waals surface area contributed by atoms with Gasteiger partial charge in [0.2, 0.25) is 0 Å². The Morgan fingerprint density at radius 1 is 1.26 bits per heavy atom. The van der Waals surface area contributed by atoms with Crippen molar-refractivity contribution in [2.45, 2.75) is 6.92 Å². The molecule has 0 aliphatic carbocycles. The normalized spacial score (nSPS) is 10.7. The lowest BCUT2D eigenvalue weighted by Gasteiger charge is -2.08. The SMILES string of the molecule is Cc1ccc(NC(=O)COn2nnc3ccc(Cl)cc32)cc1Cl. The minimum absolute atomic E-state index is 0.226. The first-order valence-corrected chi connectivity index (χ1v) is 7.49. The molecular weight excluding hydrogens is 339 g/mol. The van der Waals surface area contributed by atoms with Crippen molar-refractivity contribution < 1.29 is 9.63 Å². The molecule has 0 spiro atoms. The van der Waals surface area contributed by atoms with Crippen LogP contribution in [-0.4, -0.2) is 27.7 Å². The third kappa shape index (κ3) is 3.55. The average Bonchev–Trinajstić information content (AvgIpc) is 2.91. The fourth-order valence-electron chi connectivity index (χ4n) is 1.95. The lowest BCUT2D eigenvalue weighted by molar-refractivity contribution is -0.121. The van der Waals surface area contributed by atoms with Crippen LogP contribution in [0.15, 0.2) is 36.4 Å². The van der Waals surface area contributed by atoms with E-state index in [0.29, 0.717) is 26.8 Å². The second-order valence-electron chi connectivity index (χ2n) is 4.88. The van der Waals surface area contributed by atoms with Crippen LogP contribution in [0.3, 0.4) is 0 Å². The lowest BCUT2D eigenvalue weighted by atomic mass is 10.2. The third-order valence-electron chi connectivity index (χ3n) is 3.15. The number of rotatable bonds is 4. The van der Waals surface area contributed by atoms with Crippen LogP contribution >= 0.6 is 23.2 Å². The van der Waals surface area contributed by atoms with Gasteiger partial charge in [0.1, 0.15) is 11.0 Å². The number of amides is 1. The van der Waals surface area contributed by atoms with Crippen LogP contribution in [0.1, 0.15) is 5.56 Å². The Kier molecular flexibility index (Phi) is 4.36. The van der Waals surface area contributed by atoms with Gasteiger partial charge >= 0.3 is 0 Å². The quantitative estimate of drug-likeness (QED) is 0.784. The number of fused-ring (bicyclic) bond motifs is 1. The fourth-order valence-corrected chi connectivity index (χ4v) is 2.30. The zero-order chi connectivity index (χ0) is 16.4. The average molecular weight is 351 g/mol. The summed E-state index contributed by atoms with van der Waals surface area (Å²) in [5, 5.41) is 11.6. The second-order valence-corrected chi connectivity index (χ2v) is 5.72. The highest BCUT2D eigenvalue weighted by Crippen LogP contribution is 2.20. The molecule has 0 fully saturated rings. The minimum Gasteiger partial charge on any atom is -0.385 e. The van der Waals surface area contributed by atoms with E-state index in [0.717, 1.165) is 5.56 Å². The van der Waals surface area contributed by atoms with Gasteiger partial charge in [-0.05, 0) is 48.0 Å². The Labute approximate surface area is 141 Å². The van der Waals surface area contributed by atoms with Gasteiger partial charge in [0, 0.05) is 15.7 Å². The molecule has 2 aromatic carbocycles. The second kappa shape index (κ2) is 6.44. The van der Waals surface area contributed by atoms with E-state index >= 15 is 0 Å². The molecular formula is C15H12Cl2N4O2. The lowest BCUT2D eigenvalue weighted by Crippen LogP contribution is -2.26. The summed E-state index contributed by atoms with van der Waals surface area (Å²) < 4.78 is 0. The van der Waals surface area contributed by atoms with Gasteiger partial charge in [0.05, 0.1) is 0 Å². The maximum atomic E-state index is 11.9. The van der Waals surface area contributed by atoms with E-state index in [1.165, 1.54) is 4.85 Å². The zero-order valence-electron chi connectivity index (χ0n) is 12.1. The first-order valence-electron chi connectivity index (χ1n) is 6.73. The van der Waals surface area contributed by atoms with Crippen LogP contribution in [0.2, 0.25) is 10.0 Å². The molecule has 0 bridgehead atoms. The van der Waals surface area contributed by atoms with Crippen LogP contribution in [0.5, 0.6) is 0 Å². The van der Waals surface area contributed by atoms with Crippen LogP contribution in [-0.2, 0) is 4.79 Å². The van der Waals surface area contributed by atoms with Crippen molar-refractivity contribution in [2.24, 2.45) is 0 Å². The molecule has 3 rings (SSSR count). The smallest absolute Gasteiger partial charge is 0.265 e. The Morgan fingerprint density at radius 3 is 2.87 bits per heavy atom. The van der Waals surface area contributed by atoms with E-state index in [2.05, 4.69) is 15.6 Å². The predicted octanol–water partition coefficient (Wildman–Crippen LogP) is 3.11. The maximum Gasteiger partial charge on any atom is 0.265 e. The van der Waals surface area contributed by atoms with Gasteiger partial charge < -0.3 is 10.2 Å². The van der Waals surface area contributed by atoms with Crippen LogP contribution < -0.4 is 10.2 Å². The minimum atomic E-state index is -0.337. The summed E-state index contributed by atoms with van der Waals surface area (Å²) in [5.41, 5.74) is 2.75. The van der Waals surface area contributed by atoms with Crippen molar-refractivity contribution >= 4 is 45.8 Å². The number of aromatic nitrogens is 3. The monoisotopic (exact) mass is 350 g/mol. The highest BCUT2D eigenvalue weighted by atomic mass is 35.5. The Bertz CT molecular complexity index is 879. The molecule has 0 aliphatic rings. The Balaban J connectivity index is 1.66. The highest BCUT2D eigenvalue weighted by molar-refractivity contribution is 6.31. The van der Waals surface area contributed by atoms with E-state index in [4.69, 9.17) is 28.0 Å². The molecule has 0 unspecified atom stereocenters. The largest absolute Gasteiger partial charge is 0.385 e. The standard InChI is InChI=1S/C15H12Cl2N4O2/c1-9-2-4-11(7-12(9)17)18-15(22)8-23-21-14-6-10(16)3-5-13(14)19-20-21/h2-7H,8H2,1H3,(H,18,22). The summed E-state index contributed by atoms with van der Waals surface area (Å²) in [6, 6.07) is 10.4. The number of nitrogens with one attached hydrogen (secondary N) is 1. The number of nitrogens with zero attached hydrogens (tertiary/aromatic N) is 3. The maximum absolute atomic E-state index is 11.9. The van der Waals surface area contributed by atoms with Crippen molar-refractivity contribution in [2.75, 3.05) is 11.9 Å². The summed E-state index contributed by atoms with van der Waals surface area (Å²) in [7, 11) is 0. The van der Waals surface area contributed by atoms with E-state index in [1.54, 1.807) is 30.3 Å². The topological polar surface area (TPSA) is 69.0 Å². The molecule has 0 saturated carbocycles. The van der Waals surface area contributed by atoms with Gasteiger partial charge in [-0.15, -0.1) is 5.10 Å². The highest BCUT2D eigenvalue weighted by Gasteiger charge is 2.09. The zero-order valence-corrected chi connectivity index (χ0v) is 13.6. The van der Waals surface area contributed by atoms with E-state index in [-0.39, 0.29) is 12.5 Å².